The van der Waals surface area contributed by atoms with Crippen molar-refractivity contribution in [2.24, 2.45) is 0 Å². The smallest absolute Gasteiger partial charge is 0.233 e. The zero-order valence-electron chi connectivity index (χ0n) is 18.1. The van der Waals surface area contributed by atoms with Crippen LogP contribution in [0.4, 0.5) is 0 Å². The van der Waals surface area contributed by atoms with Crippen LogP contribution in [0.15, 0.2) is 36.4 Å². The maximum Gasteiger partial charge on any atom is 0.233 e. The molecule has 0 N–H and O–H groups in total. The van der Waals surface area contributed by atoms with Crippen molar-refractivity contribution < 1.29 is 14.3 Å². The molecule has 1 heterocycles. The van der Waals surface area contributed by atoms with Gasteiger partial charge in [0, 0.05) is 6.54 Å². The quantitative estimate of drug-likeness (QED) is 0.580. The standard InChI is InChI=1S/C23H29ClN2O3S/c1-6-15-7-9-16(10-8-15)19(25(2)3)13-26-21(27)14-30-23(26)17-11-18(24)22(29-5)20(12-17)28-4/h7-12,19,23H,6,13-14H2,1-5H3/t19-,23-/m1/s1. The Bertz CT molecular complexity index is 889. The molecule has 1 fully saturated rings. The Morgan fingerprint density at radius 3 is 2.47 bits per heavy atom. The summed E-state index contributed by atoms with van der Waals surface area (Å²) in [5.74, 6) is 1.66. The lowest BCUT2D eigenvalue weighted by molar-refractivity contribution is -0.128. The Morgan fingerprint density at radius 1 is 1.20 bits per heavy atom. The molecular weight excluding hydrogens is 420 g/mol. The molecule has 0 radical (unpaired) electrons. The number of hydrogen-bond acceptors (Lipinski definition) is 5. The molecule has 3 rings (SSSR count). The van der Waals surface area contributed by atoms with E-state index in [2.05, 4.69) is 36.1 Å². The molecule has 5 nitrogen and oxygen atoms in total. The number of amides is 1. The second kappa shape index (κ2) is 9.94. The van der Waals surface area contributed by atoms with E-state index in [9.17, 15) is 4.79 Å². The van der Waals surface area contributed by atoms with Crippen LogP contribution in [-0.2, 0) is 11.2 Å². The predicted octanol–water partition coefficient (Wildman–Crippen LogP) is 4.80. The van der Waals surface area contributed by atoms with Crippen molar-refractivity contribution in [2.75, 3.05) is 40.6 Å². The first-order valence-electron chi connectivity index (χ1n) is 9.97. The van der Waals surface area contributed by atoms with Crippen LogP contribution in [0.2, 0.25) is 5.02 Å². The third kappa shape index (κ3) is 4.71. The van der Waals surface area contributed by atoms with Crippen LogP contribution < -0.4 is 9.47 Å². The van der Waals surface area contributed by atoms with E-state index in [-0.39, 0.29) is 17.3 Å². The van der Waals surface area contributed by atoms with Gasteiger partial charge in [0.1, 0.15) is 5.37 Å². The zero-order chi connectivity index (χ0) is 21.8. The third-order valence-electron chi connectivity index (χ3n) is 5.47. The largest absolute Gasteiger partial charge is 0.493 e. The van der Waals surface area contributed by atoms with Crippen molar-refractivity contribution >= 4 is 29.3 Å². The average Bonchev–Trinajstić information content (AvgIpc) is 3.11. The van der Waals surface area contributed by atoms with Gasteiger partial charge in [0.2, 0.25) is 5.91 Å². The Morgan fingerprint density at radius 2 is 1.90 bits per heavy atom. The normalized spacial score (nSPS) is 17.5. The monoisotopic (exact) mass is 448 g/mol. The lowest BCUT2D eigenvalue weighted by atomic mass is 10.0. The lowest BCUT2D eigenvalue weighted by Crippen LogP contribution is -2.37. The van der Waals surface area contributed by atoms with Crippen LogP contribution in [-0.4, -0.2) is 56.3 Å². The first-order chi connectivity index (χ1) is 14.4. The minimum Gasteiger partial charge on any atom is -0.493 e. The van der Waals surface area contributed by atoms with Gasteiger partial charge in [-0.2, -0.15) is 0 Å². The molecule has 162 valence electrons. The summed E-state index contributed by atoms with van der Waals surface area (Å²) in [6, 6.07) is 12.5. The lowest BCUT2D eigenvalue weighted by Gasteiger charge is -2.33. The topological polar surface area (TPSA) is 42.0 Å². The zero-order valence-corrected chi connectivity index (χ0v) is 19.7. The molecule has 0 saturated carbocycles. The number of benzene rings is 2. The van der Waals surface area contributed by atoms with Gasteiger partial charge in [0.05, 0.1) is 31.0 Å². The Kier molecular flexibility index (Phi) is 7.55. The van der Waals surface area contributed by atoms with Crippen LogP contribution in [0.25, 0.3) is 0 Å². The number of hydrogen-bond donors (Lipinski definition) is 0. The second-order valence-corrected chi connectivity index (χ2v) is 9.00. The summed E-state index contributed by atoms with van der Waals surface area (Å²) in [4.78, 5) is 16.9. The van der Waals surface area contributed by atoms with Crippen molar-refractivity contribution in [3.8, 4) is 11.5 Å². The highest BCUT2D eigenvalue weighted by molar-refractivity contribution is 8.00. The van der Waals surface area contributed by atoms with Crippen molar-refractivity contribution in [2.45, 2.75) is 24.8 Å². The minimum absolute atomic E-state index is 0.0941. The number of carbonyl (C=O) groups excluding carboxylic acids is 1. The SMILES string of the molecule is CCc1ccc([C@@H](CN2C(=O)CS[C@@H]2c2cc(Cl)c(OC)c(OC)c2)N(C)C)cc1. The molecule has 2 aromatic rings. The highest BCUT2D eigenvalue weighted by Gasteiger charge is 2.36. The summed E-state index contributed by atoms with van der Waals surface area (Å²) >= 11 is 8.04. The fourth-order valence-electron chi connectivity index (χ4n) is 3.74. The van der Waals surface area contributed by atoms with Gasteiger partial charge in [0.15, 0.2) is 11.5 Å². The molecule has 2 aromatic carbocycles. The molecular formula is C23H29ClN2O3S. The predicted molar refractivity (Wildman–Crippen MR) is 124 cm³/mol. The first kappa shape index (κ1) is 22.8. The first-order valence-corrected chi connectivity index (χ1v) is 11.4. The maximum atomic E-state index is 12.8. The highest BCUT2D eigenvalue weighted by atomic mass is 35.5. The fraction of sp³-hybridized carbons (Fsp3) is 0.435. The minimum atomic E-state index is -0.118. The van der Waals surface area contributed by atoms with Crippen LogP contribution >= 0.6 is 23.4 Å². The van der Waals surface area contributed by atoms with Crippen molar-refractivity contribution in [1.29, 1.82) is 0 Å². The number of aryl methyl sites for hydroxylation is 1. The third-order valence-corrected chi connectivity index (χ3v) is 7.01. The molecule has 0 spiro atoms. The number of rotatable bonds is 8. The van der Waals surface area contributed by atoms with Crippen molar-refractivity contribution in [3.05, 3.63) is 58.1 Å². The summed E-state index contributed by atoms with van der Waals surface area (Å²) in [7, 11) is 7.25. The van der Waals surface area contributed by atoms with Gasteiger partial charge in [-0.1, -0.05) is 42.8 Å². The molecule has 7 heteroatoms. The van der Waals surface area contributed by atoms with Gasteiger partial charge in [-0.05, 0) is 49.3 Å². The molecule has 1 saturated heterocycles. The molecule has 0 unspecified atom stereocenters. The van der Waals surface area contributed by atoms with E-state index in [1.165, 1.54) is 11.1 Å². The van der Waals surface area contributed by atoms with Crippen LogP contribution in [0.1, 0.15) is 35.0 Å². The molecule has 0 aromatic heterocycles. The average molecular weight is 449 g/mol. The van der Waals surface area contributed by atoms with E-state index in [0.717, 1.165) is 12.0 Å². The molecule has 30 heavy (non-hydrogen) atoms. The van der Waals surface area contributed by atoms with E-state index >= 15 is 0 Å². The fourth-order valence-corrected chi connectivity index (χ4v) is 5.21. The number of carbonyl (C=O) groups is 1. The Balaban J connectivity index is 1.91. The van der Waals surface area contributed by atoms with Gasteiger partial charge in [-0.25, -0.2) is 0 Å². The van der Waals surface area contributed by atoms with Crippen LogP contribution in [0.5, 0.6) is 11.5 Å². The molecule has 0 bridgehead atoms. The summed E-state index contributed by atoms with van der Waals surface area (Å²) < 4.78 is 10.8. The van der Waals surface area contributed by atoms with Gasteiger partial charge >= 0.3 is 0 Å². The van der Waals surface area contributed by atoms with Gasteiger partial charge < -0.3 is 19.3 Å². The van der Waals surface area contributed by atoms with E-state index in [0.29, 0.717) is 28.8 Å². The number of ether oxygens (including phenoxy) is 2. The molecule has 1 aliphatic heterocycles. The Hall–Kier alpha value is -1.89. The summed E-state index contributed by atoms with van der Waals surface area (Å²) in [6.45, 7) is 2.75. The number of likely N-dealkylation sites (N-methyl/N-ethyl adjacent to an activating group) is 1. The van der Waals surface area contributed by atoms with Crippen LogP contribution in [0.3, 0.4) is 0 Å². The molecule has 1 aliphatic rings. The van der Waals surface area contributed by atoms with Crippen molar-refractivity contribution in [3.63, 3.8) is 0 Å². The second-order valence-electron chi connectivity index (χ2n) is 7.52. The van der Waals surface area contributed by atoms with E-state index in [4.69, 9.17) is 21.1 Å². The number of halogens is 1. The summed E-state index contributed by atoms with van der Waals surface area (Å²) in [5.41, 5.74) is 3.44. The van der Waals surface area contributed by atoms with Gasteiger partial charge in [0.25, 0.3) is 0 Å². The van der Waals surface area contributed by atoms with E-state index < -0.39 is 0 Å². The van der Waals surface area contributed by atoms with Gasteiger partial charge in [-0.15, -0.1) is 11.8 Å². The maximum absolute atomic E-state index is 12.8. The van der Waals surface area contributed by atoms with Gasteiger partial charge in [-0.3, -0.25) is 4.79 Å². The Labute approximate surface area is 188 Å². The number of methoxy groups -OCH3 is 2. The van der Waals surface area contributed by atoms with Crippen molar-refractivity contribution in [1.82, 2.24) is 9.80 Å². The molecule has 1 amide bonds. The molecule has 2 atom stereocenters. The summed E-state index contributed by atoms with van der Waals surface area (Å²) in [5, 5.41) is 0.359. The molecule has 0 aliphatic carbocycles. The van der Waals surface area contributed by atoms with E-state index in [1.54, 1.807) is 26.0 Å². The van der Waals surface area contributed by atoms with Crippen LogP contribution in [0, 0.1) is 0 Å². The number of thioether (sulfide) groups is 1. The highest BCUT2D eigenvalue weighted by Crippen LogP contribution is 2.45. The van der Waals surface area contributed by atoms with E-state index in [1.807, 2.05) is 31.1 Å². The number of nitrogens with zero attached hydrogens (tertiary/aromatic N) is 2. The summed E-state index contributed by atoms with van der Waals surface area (Å²) in [6.07, 6.45) is 1.01.